The SMILES string of the molecule is O=C(O)[C@@H]1[C@H](C(=O)N2C[C@@H]3C[C@@H](C2)c2cccc(=O)n2C3)[C@H]2C=C[C@H]1C2. The van der Waals surface area contributed by atoms with Crippen LogP contribution < -0.4 is 5.56 Å². The second-order valence-corrected chi connectivity index (χ2v) is 8.28. The molecule has 1 saturated heterocycles. The van der Waals surface area contributed by atoms with Gasteiger partial charge in [-0.05, 0) is 36.7 Å². The number of rotatable bonds is 2. The standard InChI is InChI=1S/C20H22N2O4/c23-16-3-1-2-15-14-6-11(9-22(15)16)8-21(10-14)19(24)17-12-4-5-13(7-12)18(17)20(25)26/h1-5,11-14,17-18H,6-10H2,(H,25,26)/t11-,12-,13-,14-,17+,18-/m0/s1. The number of allylic oxidation sites excluding steroid dienone is 2. The van der Waals surface area contributed by atoms with Crippen LogP contribution in [0, 0.1) is 29.6 Å². The Morgan fingerprint density at radius 1 is 1.00 bits per heavy atom. The molecule has 0 radical (unpaired) electrons. The summed E-state index contributed by atoms with van der Waals surface area (Å²) in [7, 11) is 0. The first-order valence-corrected chi connectivity index (χ1v) is 9.42. The molecular formula is C20H22N2O4. The summed E-state index contributed by atoms with van der Waals surface area (Å²) in [5, 5.41) is 9.63. The fraction of sp³-hybridized carbons (Fsp3) is 0.550. The Morgan fingerprint density at radius 3 is 2.54 bits per heavy atom. The molecule has 4 aliphatic rings. The lowest BCUT2D eigenvalue weighted by atomic mass is 9.79. The van der Waals surface area contributed by atoms with E-state index in [1.54, 1.807) is 12.1 Å². The van der Waals surface area contributed by atoms with E-state index < -0.39 is 17.8 Å². The Hall–Kier alpha value is -2.37. The third-order valence-corrected chi connectivity index (χ3v) is 6.82. The average Bonchev–Trinajstić information content (AvgIpc) is 3.23. The first-order chi connectivity index (χ1) is 12.5. The van der Waals surface area contributed by atoms with Crippen molar-refractivity contribution in [3.05, 3.63) is 46.4 Å². The second-order valence-electron chi connectivity index (χ2n) is 8.28. The maximum Gasteiger partial charge on any atom is 0.307 e. The summed E-state index contributed by atoms with van der Waals surface area (Å²) < 4.78 is 1.85. The van der Waals surface area contributed by atoms with Gasteiger partial charge in [0.25, 0.3) is 5.56 Å². The van der Waals surface area contributed by atoms with Crippen LogP contribution in [0.25, 0.3) is 0 Å². The van der Waals surface area contributed by atoms with E-state index in [2.05, 4.69) is 0 Å². The first-order valence-electron chi connectivity index (χ1n) is 9.42. The molecule has 6 atom stereocenters. The minimum atomic E-state index is -0.852. The summed E-state index contributed by atoms with van der Waals surface area (Å²) in [5.74, 6) is -1.39. The van der Waals surface area contributed by atoms with Crippen molar-refractivity contribution in [3.8, 4) is 0 Å². The van der Waals surface area contributed by atoms with E-state index in [0.29, 0.717) is 19.6 Å². The Balaban J connectivity index is 1.42. The van der Waals surface area contributed by atoms with Crippen molar-refractivity contribution in [3.63, 3.8) is 0 Å². The van der Waals surface area contributed by atoms with Gasteiger partial charge in [0, 0.05) is 37.3 Å². The molecule has 0 spiro atoms. The summed E-state index contributed by atoms with van der Waals surface area (Å²) in [4.78, 5) is 39.0. The molecule has 5 rings (SSSR count). The Morgan fingerprint density at radius 2 is 1.77 bits per heavy atom. The van der Waals surface area contributed by atoms with Crippen molar-refractivity contribution in [2.45, 2.75) is 25.3 Å². The number of hydrogen-bond acceptors (Lipinski definition) is 3. The highest BCUT2D eigenvalue weighted by Gasteiger charge is 2.53. The number of nitrogens with zero attached hydrogens (tertiary/aromatic N) is 2. The number of piperidine rings is 1. The van der Waals surface area contributed by atoms with E-state index in [1.807, 2.05) is 27.7 Å². The van der Waals surface area contributed by atoms with Crippen LogP contribution >= 0.6 is 0 Å². The number of pyridine rings is 1. The fourth-order valence-electron chi connectivity index (χ4n) is 5.78. The molecule has 4 bridgehead atoms. The zero-order chi connectivity index (χ0) is 18.0. The number of likely N-dealkylation sites (tertiary alicyclic amines) is 1. The van der Waals surface area contributed by atoms with Gasteiger partial charge in [-0.2, -0.15) is 0 Å². The second kappa shape index (κ2) is 5.56. The third-order valence-electron chi connectivity index (χ3n) is 6.82. The third kappa shape index (κ3) is 2.20. The van der Waals surface area contributed by atoms with Crippen LogP contribution in [-0.4, -0.2) is 39.5 Å². The van der Waals surface area contributed by atoms with Crippen LogP contribution in [0.4, 0.5) is 0 Å². The summed E-state index contributed by atoms with van der Waals surface area (Å²) in [6.07, 6.45) is 5.78. The molecule has 2 aliphatic carbocycles. The van der Waals surface area contributed by atoms with E-state index in [0.717, 1.165) is 18.5 Å². The van der Waals surface area contributed by atoms with E-state index in [4.69, 9.17) is 0 Å². The molecule has 1 aromatic rings. The molecule has 1 saturated carbocycles. The van der Waals surface area contributed by atoms with Crippen LogP contribution in [-0.2, 0) is 16.1 Å². The molecule has 2 aliphatic heterocycles. The molecular weight excluding hydrogens is 332 g/mol. The molecule has 136 valence electrons. The Labute approximate surface area is 151 Å². The number of carboxylic acids is 1. The number of hydrogen-bond donors (Lipinski definition) is 1. The van der Waals surface area contributed by atoms with Gasteiger partial charge >= 0.3 is 5.97 Å². The Bertz CT molecular complexity index is 873. The van der Waals surface area contributed by atoms with Gasteiger partial charge in [0.05, 0.1) is 11.8 Å². The molecule has 6 heteroatoms. The quantitative estimate of drug-likeness (QED) is 0.813. The molecule has 1 amide bonds. The van der Waals surface area contributed by atoms with Crippen molar-refractivity contribution < 1.29 is 14.7 Å². The van der Waals surface area contributed by atoms with E-state index in [9.17, 15) is 19.5 Å². The van der Waals surface area contributed by atoms with Crippen LogP contribution in [0.15, 0.2) is 35.1 Å². The van der Waals surface area contributed by atoms with Crippen molar-refractivity contribution in [1.29, 1.82) is 0 Å². The predicted molar refractivity (Wildman–Crippen MR) is 93.5 cm³/mol. The zero-order valence-corrected chi connectivity index (χ0v) is 14.5. The minimum Gasteiger partial charge on any atom is -0.481 e. The van der Waals surface area contributed by atoms with Crippen LogP contribution in [0.2, 0.25) is 0 Å². The maximum absolute atomic E-state index is 13.3. The van der Waals surface area contributed by atoms with Gasteiger partial charge in [0.15, 0.2) is 0 Å². The van der Waals surface area contributed by atoms with E-state index in [1.165, 1.54) is 0 Å². The number of aliphatic carboxylic acids is 1. The summed E-state index contributed by atoms with van der Waals surface area (Å²) in [6, 6.07) is 5.36. The van der Waals surface area contributed by atoms with Gasteiger partial charge in [0.1, 0.15) is 0 Å². The highest BCUT2D eigenvalue weighted by molar-refractivity contribution is 5.87. The highest BCUT2D eigenvalue weighted by Crippen LogP contribution is 2.49. The van der Waals surface area contributed by atoms with Crippen molar-refractivity contribution in [2.75, 3.05) is 13.1 Å². The zero-order valence-electron chi connectivity index (χ0n) is 14.5. The van der Waals surface area contributed by atoms with Gasteiger partial charge < -0.3 is 14.6 Å². The number of carbonyl (C=O) groups excluding carboxylic acids is 1. The normalized spacial score (nSPS) is 36.8. The van der Waals surface area contributed by atoms with Crippen molar-refractivity contribution >= 4 is 11.9 Å². The van der Waals surface area contributed by atoms with Gasteiger partial charge in [-0.15, -0.1) is 0 Å². The fourth-order valence-corrected chi connectivity index (χ4v) is 5.78. The lowest BCUT2D eigenvalue weighted by Gasteiger charge is -2.44. The summed E-state index contributed by atoms with van der Waals surface area (Å²) in [5.41, 5.74) is 1.04. The number of amides is 1. The van der Waals surface area contributed by atoms with Gasteiger partial charge in [-0.3, -0.25) is 14.4 Å². The summed E-state index contributed by atoms with van der Waals surface area (Å²) >= 11 is 0. The molecule has 0 aromatic carbocycles. The van der Waals surface area contributed by atoms with Crippen LogP contribution in [0.3, 0.4) is 0 Å². The van der Waals surface area contributed by atoms with Gasteiger partial charge in [0.2, 0.25) is 5.91 Å². The predicted octanol–water partition coefficient (Wildman–Crippen LogP) is 1.32. The first kappa shape index (κ1) is 15.9. The van der Waals surface area contributed by atoms with E-state index >= 15 is 0 Å². The largest absolute Gasteiger partial charge is 0.481 e. The average molecular weight is 354 g/mol. The van der Waals surface area contributed by atoms with Crippen molar-refractivity contribution in [1.82, 2.24) is 9.47 Å². The molecule has 1 aromatic heterocycles. The van der Waals surface area contributed by atoms with Crippen molar-refractivity contribution in [2.24, 2.45) is 29.6 Å². The molecule has 3 heterocycles. The topological polar surface area (TPSA) is 79.6 Å². The van der Waals surface area contributed by atoms with Crippen LogP contribution in [0.1, 0.15) is 24.5 Å². The van der Waals surface area contributed by atoms with E-state index in [-0.39, 0.29) is 35.1 Å². The molecule has 2 fully saturated rings. The maximum atomic E-state index is 13.3. The van der Waals surface area contributed by atoms with Gasteiger partial charge in [-0.25, -0.2) is 0 Å². The smallest absolute Gasteiger partial charge is 0.307 e. The monoisotopic (exact) mass is 354 g/mol. The lowest BCUT2D eigenvalue weighted by Crippen LogP contribution is -2.52. The van der Waals surface area contributed by atoms with Crippen LogP contribution in [0.5, 0.6) is 0 Å². The number of fused-ring (bicyclic) bond motifs is 6. The number of aromatic nitrogens is 1. The summed E-state index contributed by atoms with van der Waals surface area (Å²) in [6.45, 7) is 1.86. The Kier molecular flexibility index (Phi) is 3.39. The number of carbonyl (C=O) groups is 2. The molecule has 6 nitrogen and oxygen atoms in total. The minimum absolute atomic E-state index is 0.00400. The van der Waals surface area contributed by atoms with Gasteiger partial charge in [-0.1, -0.05) is 18.2 Å². The molecule has 26 heavy (non-hydrogen) atoms. The lowest BCUT2D eigenvalue weighted by molar-refractivity contribution is -0.152. The number of carboxylic acid groups (broad SMARTS) is 1. The molecule has 1 N–H and O–H groups in total. The molecule has 0 unspecified atom stereocenters. The highest BCUT2D eigenvalue weighted by atomic mass is 16.4.